The molecule has 0 aliphatic carbocycles. The Morgan fingerprint density at radius 2 is 2.17 bits per heavy atom. The van der Waals surface area contributed by atoms with Crippen LogP contribution in [-0.2, 0) is 11.3 Å². The normalized spacial score (nSPS) is 12.0. The molecule has 0 saturated carbocycles. The van der Waals surface area contributed by atoms with E-state index in [0.717, 1.165) is 11.3 Å². The highest BCUT2D eigenvalue weighted by Gasteiger charge is 2.22. The van der Waals surface area contributed by atoms with Gasteiger partial charge < -0.3 is 14.3 Å². The molecule has 0 fully saturated rings. The second-order valence-corrected chi connectivity index (χ2v) is 6.08. The summed E-state index contributed by atoms with van der Waals surface area (Å²) < 4.78 is 7.22. The van der Waals surface area contributed by atoms with Crippen LogP contribution in [0.4, 0.5) is 4.79 Å². The van der Waals surface area contributed by atoms with E-state index in [1.54, 1.807) is 13.2 Å². The van der Waals surface area contributed by atoms with Crippen LogP contribution in [0.1, 0.15) is 19.6 Å². The summed E-state index contributed by atoms with van der Waals surface area (Å²) in [5.41, 5.74) is 0.869. The molecule has 124 valence electrons. The molecule has 8 nitrogen and oxygen atoms in total. The average Bonchev–Trinajstić information content (AvgIpc) is 3.12. The molecule has 3 amide bonds. The molecule has 1 atom stereocenters. The third kappa shape index (κ3) is 3.73. The molecule has 0 aliphatic heterocycles. The Morgan fingerprint density at radius 3 is 2.74 bits per heavy atom. The molecule has 2 aromatic rings. The molecule has 23 heavy (non-hydrogen) atoms. The molecule has 9 heteroatoms. The van der Waals surface area contributed by atoms with Gasteiger partial charge in [-0.25, -0.2) is 4.79 Å². The van der Waals surface area contributed by atoms with Gasteiger partial charge in [-0.15, -0.1) is 10.2 Å². The number of carbonyl (C=O) groups is 2. The average molecular weight is 337 g/mol. The van der Waals surface area contributed by atoms with Gasteiger partial charge in [0, 0.05) is 13.6 Å². The minimum absolute atomic E-state index is 0.388. The minimum Gasteiger partial charge on any atom is -0.469 e. The number of aryl methyl sites for hydroxylation is 1. The zero-order chi connectivity index (χ0) is 17.0. The molecule has 0 unspecified atom stereocenters. The molecular formula is C14H19N5O3S. The Bertz CT molecular complexity index is 709. The molecule has 0 radical (unpaired) electrons. The minimum atomic E-state index is -0.533. The number of carbonyl (C=O) groups excluding carboxylic acids is 2. The van der Waals surface area contributed by atoms with Crippen molar-refractivity contribution in [2.45, 2.75) is 37.7 Å². The molecule has 2 aromatic heterocycles. The number of aromatic nitrogens is 3. The quantitative estimate of drug-likeness (QED) is 0.807. The van der Waals surface area contributed by atoms with Crippen LogP contribution in [0.25, 0.3) is 11.4 Å². The van der Waals surface area contributed by atoms with E-state index in [4.69, 9.17) is 4.42 Å². The standard InChI is InChI=1S/C14H19N5O3S/c1-5-19-11(10-6-7-22-8(10)2)17-18-14(19)23-9(3)12(20)16-13(21)15-4/h6-7,9H,5H2,1-4H3,(H2,15,16,20,21)/t9-/m0/s1. The van der Waals surface area contributed by atoms with Gasteiger partial charge in [-0.2, -0.15) is 0 Å². The van der Waals surface area contributed by atoms with Gasteiger partial charge in [-0.3, -0.25) is 10.1 Å². The zero-order valence-corrected chi connectivity index (χ0v) is 14.2. The summed E-state index contributed by atoms with van der Waals surface area (Å²) in [5.74, 6) is 1.07. The smallest absolute Gasteiger partial charge is 0.321 e. The molecule has 0 aromatic carbocycles. The predicted molar refractivity (Wildman–Crippen MR) is 86.1 cm³/mol. The van der Waals surface area contributed by atoms with Crippen LogP contribution in [0.5, 0.6) is 0 Å². The Balaban J connectivity index is 2.18. The lowest BCUT2D eigenvalue weighted by molar-refractivity contribution is -0.119. The summed E-state index contributed by atoms with van der Waals surface area (Å²) in [5, 5.41) is 13.1. The maximum atomic E-state index is 11.9. The van der Waals surface area contributed by atoms with E-state index in [1.807, 2.05) is 24.5 Å². The highest BCUT2D eigenvalue weighted by atomic mass is 32.2. The van der Waals surface area contributed by atoms with Crippen molar-refractivity contribution in [1.82, 2.24) is 25.4 Å². The van der Waals surface area contributed by atoms with E-state index in [0.29, 0.717) is 17.5 Å². The fourth-order valence-corrected chi connectivity index (χ4v) is 2.88. The fourth-order valence-electron chi connectivity index (χ4n) is 1.96. The van der Waals surface area contributed by atoms with Crippen molar-refractivity contribution in [2.24, 2.45) is 0 Å². The van der Waals surface area contributed by atoms with Crippen LogP contribution in [-0.4, -0.2) is 39.0 Å². The summed E-state index contributed by atoms with van der Waals surface area (Å²) in [6.45, 7) is 6.19. The summed E-state index contributed by atoms with van der Waals surface area (Å²) in [6.07, 6.45) is 1.60. The van der Waals surface area contributed by atoms with Gasteiger partial charge in [0.1, 0.15) is 5.76 Å². The van der Waals surface area contributed by atoms with E-state index in [9.17, 15) is 9.59 Å². The molecular weight excluding hydrogens is 318 g/mol. The van der Waals surface area contributed by atoms with Gasteiger partial charge in [0.25, 0.3) is 0 Å². The van der Waals surface area contributed by atoms with Crippen LogP contribution >= 0.6 is 11.8 Å². The predicted octanol–water partition coefficient (Wildman–Crippen LogP) is 1.80. The largest absolute Gasteiger partial charge is 0.469 e. The topological polar surface area (TPSA) is 102 Å². The number of amides is 3. The number of hydrogen-bond donors (Lipinski definition) is 2. The molecule has 2 N–H and O–H groups in total. The lowest BCUT2D eigenvalue weighted by Gasteiger charge is -2.11. The van der Waals surface area contributed by atoms with Crippen molar-refractivity contribution in [3.05, 3.63) is 18.1 Å². The number of rotatable bonds is 5. The third-order valence-corrected chi connectivity index (χ3v) is 4.33. The zero-order valence-electron chi connectivity index (χ0n) is 13.4. The van der Waals surface area contributed by atoms with Gasteiger partial charge in [0.2, 0.25) is 5.91 Å². The van der Waals surface area contributed by atoms with Crippen LogP contribution in [0, 0.1) is 6.92 Å². The van der Waals surface area contributed by atoms with Crippen LogP contribution in [0.2, 0.25) is 0 Å². The van der Waals surface area contributed by atoms with Crippen molar-refractivity contribution in [3.8, 4) is 11.4 Å². The first kappa shape index (κ1) is 17.1. The number of furan rings is 1. The Morgan fingerprint density at radius 1 is 1.43 bits per heavy atom. The number of urea groups is 1. The second-order valence-electron chi connectivity index (χ2n) is 4.77. The number of imide groups is 1. The molecule has 0 bridgehead atoms. The van der Waals surface area contributed by atoms with Gasteiger partial charge in [-0.05, 0) is 26.8 Å². The Hall–Kier alpha value is -2.29. The maximum absolute atomic E-state index is 11.9. The molecule has 0 spiro atoms. The number of nitrogens with one attached hydrogen (secondary N) is 2. The SMILES string of the molecule is CCn1c(S[C@@H](C)C(=O)NC(=O)NC)nnc1-c1ccoc1C. The Labute approximate surface area is 138 Å². The summed E-state index contributed by atoms with van der Waals surface area (Å²) in [6, 6.07) is 1.30. The molecule has 2 rings (SSSR count). The van der Waals surface area contributed by atoms with Gasteiger partial charge in [-0.1, -0.05) is 11.8 Å². The first-order valence-electron chi connectivity index (χ1n) is 7.14. The third-order valence-electron chi connectivity index (χ3n) is 3.25. The monoisotopic (exact) mass is 337 g/mol. The highest BCUT2D eigenvalue weighted by Crippen LogP contribution is 2.28. The van der Waals surface area contributed by atoms with E-state index < -0.39 is 11.3 Å². The maximum Gasteiger partial charge on any atom is 0.321 e. The van der Waals surface area contributed by atoms with Crippen LogP contribution in [0.3, 0.4) is 0 Å². The fraction of sp³-hybridized carbons (Fsp3) is 0.429. The first-order valence-corrected chi connectivity index (χ1v) is 8.02. The van der Waals surface area contributed by atoms with Gasteiger partial charge >= 0.3 is 6.03 Å². The van der Waals surface area contributed by atoms with E-state index in [-0.39, 0.29) is 5.91 Å². The number of hydrogen-bond acceptors (Lipinski definition) is 6. The van der Waals surface area contributed by atoms with Crippen LogP contribution in [0.15, 0.2) is 21.9 Å². The van der Waals surface area contributed by atoms with E-state index in [1.165, 1.54) is 18.8 Å². The molecule has 0 aliphatic rings. The summed E-state index contributed by atoms with van der Waals surface area (Å²) in [7, 11) is 1.45. The van der Waals surface area contributed by atoms with Crippen molar-refractivity contribution < 1.29 is 14.0 Å². The summed E-state index contributed by atoms with van der Waals surface area (Å²) in [4.78, 5) is 23.1. The van der Waals surface area contributed by atoms with Crippen LogP contribution < -0.4 is 10.6 Å². The number of nitrogens with zero attached hydrogens (tertiary/aromatic N) is 3. The Kier molecular flexibility index (Phi) is 5.43. The number of thioether (sulfide) groups is 1. The van der Waals surface area contributed by atoms with Crippen molar-refractivity contribution >= 4 is 23.7 Å². The van der Waals surface area contributed by atoms with Crippen molar-refractivity contribution in [3.63, 3.8) is 0 Å². The molecule has 2 heterocycles. The van der Waals surface area contributed by atoms with Crippen molar-refractivity contribution in [2.75, 3.05) is 7.05 Å². The lowest BCUT2D eigenvalue weighted by atomic mass is 10.2. The van der Waals surface area contributed by atoms with Gasteiger partial charge in [0.15, 0.2) is 11.0 Å². The van der Waals surface area contributed by atoms with Crippen molar-refractivity contribution in [1.29, 1.82) is 0 Å². The second kappa shape index (κ2) is 7.32. The lowest BCUT2D eigenvalue weighted by Crippen LogP contribution is -2.41. The summed E-state index contributed by atoms with van der Waals surface area (Å²) >= 11 is 1.25. The van der Waals surface area contributed by atoms with E-state index >= 15 is 0 Å². The van der Waals surface area contributed by atoms with E-state index in [2.05, 4.69) is 20.8 Å². The van der Waals surface area contributed by atoms with Gasteiger partial charge in [0.05, 0.1) is 17.1 Å². The molecule has 0 saturated heterocycles. The first-order chi connectivity index (χ1) is 11.0. The highest BCUT2D eigenvalue weighted by molar-refractivity contribution is 8.00.